The number of benzene rings is 1. The predicted octanol–water partition coefficient (Wildman–Crippen LogP) is 3.52. The first-order valence-corrected chi connectivity index (χ1v) is 8.73. The van der Waals surface area contributed by atoms with Gasteiger partial charge in [-0.3, -0.25) is 0 Å². The van der Waals surface area contributed by atoms with Crippen molar-refractivity contribution >= 4 is 9.84 Å². The molecule has 1 atom stereocenters. The first-order chi connectivity index (χ1) is 10.0. The van der Waals surface area contributed by atoms with Crippen molar-refractivity contribution in [2.75, 3.05) is 0 Å². The Hall–Kier alpha value is -1.69. The summed E-state index contributed by atoms with van der Waals surface area (Å²) in [5.41, 5.74) is 1.57. The Morgan fingerprint density at radius 1 is 1.18 bits per heavy atom. The van der Waals surface area contributed by atoms with Crippen molar-refractivity contribution in [3.63, 3.8) is 0 Å². The zero-order chi connectivity index (χ0) is 16.7. The van der Waals surface area contributed by atoms with Gasteiger partial charge in [0.05, 0.1) is 4.90 Å². The molecule has 0 aliphatic rings. The highest BCUT2D eigenvalue weighted by Crippen LogP contribution is 2.32. The molecule has 0 spiro atoms. The van der Waals surface area contributed by atoms with Crippen molar-refractivity contribution in [2.45, 2.75) is 57.1 Å². The lowest BCUT2D eigenvalue weighted by Gasteiger charge is -2.21. The summed E-state index contributed by atoms with van der Waals surface area (Å²) >= 11 is 0. The van der Waals surface area contributed by atoms with Crippen LogP contribution in [0.25, 0.3) is 0 Å². The number of hydrogen-bond donors (Lipinski definition) is 0. The summed E-state index contributed by atoms with van der Waals surface area (Å²) in [6, 6.07) is 5.57. The molecule has 1 aromatic heterocycles. The highest BCUT2D eigenvalue weighted by molar-refractivity contribution is 7.91. The van der Waals surface area contributed by atoms with Crippen LogP contribution in [-0.2, 0) is 15.3 Å². The van der Waals surface area contributed by atoms with Crippen LogP contribution in [0, 0.1) is 13.8 Å². The molecule has 5 nitrogen and oxygen atoms in total. The first kappa shape index (κ1) is 16.7. The van der Waals surface area contributed by atoms with E-state index in [0.717, 1.165) is 11.1 Å². The van der Waals surface area contributed by atoms with E-state index >= 15 is 0 Å². The Kier molecular flexibility index (Phi) is 4.17. The zero-order valence-electron chi connectivity index (χ0n) is 13.8. The molecule has 0 amide bonds. The van der Waals surface area contributed by atoms with Crippen LogP contribution in [0.3, 0.4) is 0 Å². The smallest absolute Gasteiger partial charge is 0.245 e. The van der Waals surface area contributed by atoms with Crippen LogP contribution in [0.1, 0.15) is 55.8 Å². The lowest BCUT2D eigenvalue weighted by atomic mass is 9.87. The number of nitrogens with zero attached hydrogens (tertiary/aromatic N) is 2. The van der Waals surface area contributed by atoms with Gasteiger partial charge in [-0.2, -0.15) is 4.98 Å². The van der Waals surface area contributed by atoms with Gasteiger partial charge in [0.2, 0.25) is 5.89 Å². The van der Waals surface area contributed by atoms with E-state index in [1.54, 1.807) is 26.8 Å². The summed E-state index contributed by atoms with van der Waals surface area (Å²) in [6.45, 7) is 11.2. The van der Waals surface area contributed by atoms with Gasteiger partial charge in [0.15, 0.2) is 15.7 Å². The standard InChI is InChI=1S/C16H22N2O3S/c1-10-7-8-13(16(4,5)6)9-14(10)22(19,20)11(2)15-17-12(3)18-21-15/h7-9,11H,1-6H3/t11-/m1/s1. The molecule has 120 valence electrons. The molecular weight excluding hydrogens is 300 g/mol. The minimum atomic E-state index is -3.59. The highest BCUT2D eigenvalue weighted by atomic mass is 32.2. The number of hydrogen-bond acceptors (Lipinski definition) is 5. The Morgan fingerprint density at radius 2 is 1.82 bits per heavy atom. The van der Waals surface area contributed by atoms with Crippen LogP contribution in [0.5, 0.6) is 0 Å². The van der Waals surface area contributed by atoms with Crippen molar-refractivity contribution in [1.82, 2.24) is 10.1 Å². The van der Waals surface area contributed by atoms with Gasteiger partial charge >= 0.3 is 0 Å². The second-order valence-electron chi connectivity index (χ2n) is 6.60. The maximum Gasteiger partial charge on any atom is 0.245 e. The molecule has 0 unspecified atom stereocenters. The van der Waals surface area contributed by atoms with Gasteiger partial charge in [-0.05, 0) is 43.4 Å². The fourth-order valence-corrected chi connectivity index (χ4v) is 3.72. The number of aryl methyl sites for hydroxylation is 2. The third-order valence-electron chi connectivity index (χ3n) is 3.72. The Bertz CT molecular complexity index is 786. The quantitative estimate of drug-likeness (QED) is 0.864. The molecule has 0 N–H and O–H groups in total. The summed E-state index contributed by atoms with van der Waals surface area (Å²) in [4.78, 5) is 4.37. The van der Waals surface area contributed by atoms with E-state index in [1.807, 2.05) is 12.1 Å². The van der Waals surface area contributed by atoms with Gasteiger partial charge in [-0.25, -0.2) is 8.42 Å². The topological polar surface area (TPSA) is 73.1 Å². The average Bonchev–Trinajstić information content (AvgIpc) is 2.83. The normalized spacial score (nSPS) is 14.1. The van der Waals surface area contributed by atoms with Crippen LogP contribution in [0.15, 0.2) is 27.6 Å². The van der Waals surface area contributed by atoms with Crippen molar-refractivity contribution in [1.29, 1.82) is 0 Å². The van der Waals surface area contributed by atoms with Crippen molar-refractivity contribution in [3.8, 4) is 0 Å². The van der Waals surface area contributed by atoms with Crippen LogP contribution < -0.4 is 0 Å². The number of aromatic nitrogens is 2. The maximum absolute atomic E-state index is 12.9. The molecule has 1 heterocycles. The molecule has 0 radical (unpaired) electrons. The molecule has 22 heavy (non-hydrogen) atoms. The minimum absolute atomic E-state index is 0.123. The van der Waals surface area contributed by atoms with E-state index in [9.17, 15) is 8.42 Å². The van der Waals surface area contributed by atoms with Gasteiger partial charge in [0.1, 0.15) is 5.25 Å². The zero-order valence-corrected chi connectivity index (χ0v) is 14.7. The Labute approximate surface area is 131 Å². The molecule has 0 saturated carbocycles. The molecule has 0 saturated heterocycles. The summed E-state index contributed by atoms with van der Waals surface area (Å²) in [7, 11) is -3.59. The van der Waals surface area contributed by atoms with Crippen LogP contribution in [0.4, 0.5) is 0 Å². The summed E-state index contributed by atoms with van der Waals surface area (Å²) < 4.78 is 30.9. The fourth-order valence-electron chi connectivity index (χ4n) is 2.17. The van der Waals surface area contributed by atoms with Crippen LogP contribution in [-0.4, -0.2) is 18.6 Å². The molecule has 2 rings (SSSR count). The summed E-state index contributed by atoms with van der Waals surface area (Å²) in [5, 5.41) is 2.80. The SMILES string of the molecule is Cc1noc([C@@H](C)S(=O)(=O)c2cc(C(C)(C)C)ccc2C)n1. The van der Waals surface area contributed by atoms with Crippen LogP contribution in [0.2, 0.25) is 0 Å². The largest absolute Gasteiger partial charge is 0.338 e. The Morgan fingerprint density at radius 3 is 2.32 bits per heavy atom. The molecule has 0 aliphatic heterocycles. The molecule has 0 fully saturated rings. The van der Waals surface area contributed by atoms with E-state index < -0.39 is 15.1 Å². The highest BCUT2D eigenvalue weighted by Gasteiger charge is 2.31. The Balaban J connectivity index is 2.54. The summed E-state index contributed by atoms with van der Waals surface area (Å²) in [6.07, 6.45) is 0. The van der Waals surface area contributed by atoms with E-state index in [2.05, 4.69) is 30.9 Å². The molecule has 2 aromatic rings. The van der Waals surface area contributed by atoms with Crippen molar-refractivity contribution in [2.24, 2.45) is 0 Å². The maximum atomic E-state index is 12.9. The molecule has 1 aromatic carbocycles. The van der Waals surface area contributed by atoms with E-state index in [0.29, 0.717) is 10.7 Å². The lowest BCUT2D eigenvalue weighted by molar-refractivity contribution is 0.373. The van der Waals surface area contributed by atoms with Gasteiger partial charge in [-0.1, -0.05) is 38.1 Å². The third-order valence-corrected chi connectivity index (χ3v) is 5.90. The monoisotopic (exact) mass is 322 g/mol. The van der Waals surface area contributed by atoms with E-state index in [1.165, 1.54) is 0 Å². The third kappa shape index (κ3) is 3.06. The first-order valence-electron chi connectivity index (χ1n) is 7.18. The summed E-state index contributed by atoms with van der Waals surface area (Å²) in [5.74, 6) is 0.551. The molecular formula is C16H22N2O3S. The minimum Gasteiger partial charge on any atom is -0.338 e. The fraction of sp³-hybridized carbons (Fsp3) is 0.500. The van der Waals surface area contributed by atoms with Crippen LogP contribution >= 0.6 is 0 Å². The van der Waals surface area contributed by atoms with Gasteiger partial charge in [0.25, 0.3) is 0 Å². The molecule has 0 aliphatic carbocycles. The van der Waals surface area contributed by atoms with Crippen molar-refractivity contribution in [3.05, 3.63) is 41.0 Å². The average molecular weight is 322 g/mol. The number of sulfone groups is 1. The lowest BCUT2D eigenvalue weighted by Crippen LogP contribution is -2.16. The predicted molar refractivity (Wildman–Crippen MR) is 84.5 cm³/mol. The second-order valence-corrected chi connectivity index (χ2v) is 8.83. The van der Waals surface area contributed by atoms with Crippen molar-refractivity contribution < 1.29 is 12.9 Å². The molecule has 6 heteroatoms. The van der Waals surface area contributed by atoms with E-state index in [4.69, 9.17) is 4.52 Å². The molecule has 0 bridgehead atoms. The van der Waals surface area contributed by atoms with Gasteiger partial charge < -0.3 is 4.52 Å². The van der Waals surface area contributed by atoms with Gasteiger partial charge in [0, 0.05) is 0 Å². The van der Waals surface area contributed by atoms with Gasteiger partial charge in [-0.15, -0.1) is 0 Å². The number of rotatable bonds is 3. The second kappa shape index (κ2) is 5.50. The van der Waals surface area contributed by atoms with E-state index in [-0.39, 0.29) is 11.3 Å².